The number of benzene rings is 2. The Morgan fingerprint density at radius 2 is 1.62 bits per heavy atom. The molecule has 0 bridgehead atoms. The number of rotatable bonds is 4. The van der Waals surface area contributed by atoms with Gasteiger partial charge in [0, 0.05) is 31.9 Å². The molecule has 0 spiro atoms. The summed E-state index contributed by atoms with van der Waals surface area (Å²) in [5.41, 5.74) is 0.249. The number of nitrogens with one attached hydrogen (secondary N) is 1. The smallest absolute Gasteiger partial charge is 0.416 e. The van der Waals surface area contributed by atoms with Gasteiger partial charge >= 0.3 is 12.3 Å². The van der Waals surface area contributed by atoms with Gasteiger partial charge in [-0.25, -0.2) is 4.79 Å². The maximum atomic E-state index is 12.9. The van der Waals surface area contributed by atoms with E-state index >= 15 is 0 Å². The van der Waals surface area contributed by atoms with Crippen LogP contribution < -0.4 is 10.2 Å². The Balaban J connectivity index is 1.69. The minimum atomic E-state index is -4.42. The van der Waals surface area contributed by atoms with Gasteiger partial charge in [-0.05, 0) is 23.8 Å². The van der Waals surface area contributed by atoms with Gasteiger partial charge in [-0.1, -0.05) is 36.4 Å². The van der Waals surface area contributed by atoms with E-state index in [9.17, 15) is 22.8 Å². The minimum absolute atomic E-state index is 0.277. The normalized spacial score (nSPS) is 15.7. The lowest BCUT2D eigenvalue weighted by Crippen LogP contribution is -2.52. The number of carbonyl (C=O) groups is 2. The highest BCUT2D eigenvalue weighted by atomic mass is 19.4. The summed E-state index contributed by atoms with van der Waals surface area (Å²) in [6.45, 7) is 1.25. The van der Waals surface area contributed by atoms with Crippen molar-refractivity contribution in [1.29, 1.82) is 0 Å². The third-order valence-electron chi connectivity index (χ3n) is 4.78. The average molecular weight is 407 g/mol. The third kappa shape index (κ3) is 4.98. The predicted molar refractivity (Wildman–Crippen MR) is 101 cm³/mol. The third-order valence-corrected chi connectivity index (χ3v) is 4.78. The molecule has 2 aromatic rings. The second-order valence-electron chi connectivity index (χ2n) is 6.65. The second kappa shape index (κ2) is 8.42. The lowest BCUT2D eigenvalue weighted by atomic mass is 10.1. The van der Waals surface area contributed by atoms with Gasteiger partial charge in [-0.15, -0.1) is 0 Å². The van der Waals surface area contributed by atoms with Crippen molar-refractivity contribution in [3.8, 4) is 0 Å². The van der Waals surface area contributed by atoms with Crippen LogP contribution in [0.1, 0.15) is 17.2 Å². The fourth-order valence-electron chi connectivity index (χ4n) is 3.30. The van der Waals surface area contributed by atoms with Gasteiger partial charge in [0.15, 0.2) is 0 Å². The zero-order chi connectivity index (χ0) is 21.0. The quantitative estimate of drug-likeness (QED) is 0.815. The van der Waals surface area contributed by atoms with E-state index in [2.05, 4.69) is 5.32 Å². The van der Waals surface area contributed by atoms with Crippen LogP contribution in [0.5, 0.6) is 0 Å². The van der Waals surface area contributed by atoms with Gasteiger partial charge in [-0.3, -0.25) is 4.79 Å². The van der Waals surface area contributed by atoms with Crippen LogP contribution in [0.3, 0.4) is 0 Å². The molecule has 9 heteroatoms. The number of hydrogen-bond donors (Lipinski definition) is 2. The monoisotopic (exact) mass is 407 g/mol. The maximum absolute atomic E-state index is 12.9. The summed E-state index contributed by atoms with van der Waals surface area (Å²) in [5, 5.41) is 11.3. The van der Waals surface area contributed by atoms with E-state index in [0.717, 1.165) is 12.1 Å². The van der Waals surface area contributed by atoms with Gasteiger partial charge in [0.25, 0.3) is 0 Å². The summed E-state index contributed by atoms with van der Waals surface area (Å²) < 4.78 is 38.8. The van der Waals surface area contributed by atoms with Gasteiger partial charge in [-0.2, -0.15) is 13.2 Å². The molecule has 29 heavy (non-hydrogen) atoms. The number of amides is 2. The average Bonchev–Trinajstić information content (AvgIpc) is 2.72. The van der Waals surface area contributed by atoms with E-state index in [1.54, 1.807) is 41.3 Å². The number of piperazine rings is 1. The van der Waals surface area contributed by atoms with Crippen molar-refractivity contribution in [2.24, 2.45) is 0 Å². The Bertz CT molecular complexity index is 866. The summed E-state index contributed by atoms with van der Waals surface area (Å²) >= 11 is 0. The number of hydrogen-bond acceptors (Lipinski definition) is 3. The van der Waals surface area contributed by atoms with Crippen molar-refractivity contribution >= 4 is 17.7 Å². The second-order valence-corrected chi connectivity index (χ2v) is 6.65. The largest absolute Gasteiger partial charge is 0.465 e. The molecule has 1 aliphatic heterocycles. The molecule has 1 saturated heterocycles. The number of carbonyl (C=O) groups excluding carboxylic acids is 1. The van der Waals surface area contributed by atoms with Gasteiger partial charge < -0.3 is 20.2 Å². The Kier molecular flexibility index (Phi) is 5.95. The first-order valence-corrected chi connectivity index (χ1v) is 9.01. The van der Waals surface area contributed by atoms with E-state index in [0.29, 0.717) is 24.3 Å². The lowest BCUT2D eigenvalue weighted by Gasteiger charge is -2.37. The summed E-state index contributed by atoms with van der Waals surface area (Å²) in [5.74, 6) is -0.387. The molecular weight excluding hydrogens is 387 g/mol. The van der Waals surface area contributed by atoms with E-state index in [1.807, 2.05) is 0 Å². The van der Waals surface area contributed by atoms with Crippen LogP contribution in [0, 0.1) is 0 Å². The Morgan fingerprint density at radius 1 is 0.966 bits per heavy atom. The Morgan fingerprint density at radius 3 is 2.21 bits per heavy atom. The molecule has 2 amide bonds. The van der Waals surface area contributed by atoms with Crippen LogP contribution >= 0.6 is 0 Å². The number of nitrogens with zero attached hydrogens (tertiary/aromatic N) is 2. The van der Waals surface area contributed by atoms with Gasteiger partial charge in [0.05, 0.1) is 5.56 Å². The van der Waals surface area contributed by atoms with Gasteiger partial charge in [0.1, 0.15) is 6.04 Å². The van der Waals surface area contributed by atoms with E-state index in [-0.39, 0.29) is 19.0 Å². The van der Waals surface area contributed by atoms with Crippen LogP contribution in [0.2, 0.25) is 0 Å². The molecule has 3 rings (SSSR count). The molecule has 1 fully saturated rings. The molecule has 0 saturated carbocycles. The lowest BCUT2D eigenvalue weighted by molar-refractivity contribution is -0.137. The molecule has 1 aliphatic rings. The number of carboxylic acid groups (broad SMARTS) is 1. The molecule has 0 radical (unpaired) electrons. The molecule has 1 heterocycles. The molecule has 154 valence electrons. The fourth-order valence-corrected chi connectivity index (χ4v) is 3.30. The SMILES string of the molecule is O=C(O)NC(C(=O)N1CCN(c2cccc(C(F)(F)F)c2)CC1)c1ccccc1. The summed E-state index contributed by atoms with van der Waals surface area (Å²) in [6, 6.07) is 12.6. The molecule has 2 aromatic carbocycles. The zero-order valence-corrected chi connectivity index (χ0v) is 15.4. The first-order valence-electron chi connectivity index (χ1n) is 9.01. The topological polar surface area (TPSA) is 72.9 Å². The molecule has 2 N–H and O–H groups in total. The number of alkyl halides is 3. The minimum Gasteiger partial charge on any atom is -0.465 e. The summed E-state index contributed by atoms with van der Waals surface area (Å²) in [4.78, 5) is 27.3. The predicted octanol–water partition coefficient (Wildman–Crippen LogP) is 3.36. The first-order chi connectivity index (χ1) is 13.8. The van der Waals surface area contributed by atoms with E-state index in [4.69, 9.17) is 5.11 Å². The molecule has 1 unspecified atom stereocenters. The Hall–Kier alpha value is -3.23. The van der Waals surface area contributed by atoms with E-state index in [1.165, 1.54) is 11.0 Å². The summed E-state index contributed by atoms with van der Waals surface area (Å²) in [7, 11) is 0. The highest BCUT2D eigenvalue weighted by molar-refractivity contribution is 5.86. The fraction of sp³-hybridized carbons (Fsp3) is 0.300. The van der Waals surface area contributed by atoms with Crippen LogP contribution in [-0.2, 0) is 11.0 Å². The molecule has 0 aliphatic carbocycles. The van der Waals surface area contributed by atoms with E-state index < -0.39 is 23.9 Å². The standard InChI is InChI=1S/C20H20F3N3O3/c21-20(22,23)15-7-4-8-16(13-15)25-9-11-26(12-10-25)18(27)17(24-19(28)29)14-5-2-1-3-6-14/h1-8,13,17,24H,9-12H2,(H,28,29). The maximum Gasteiger partial charge on any atom is 0.416 e. The summed E-state index contributed by atoms with van der Waals surface area (Å²) in [6.07, 6.45) is -5.73. The zero-order valence-electron chi connectivity index (χ0n) is 15.4. The molecule has 1 atom stereocenters. The first kappa shape index (κ1) is 20.5. The molecule has 0 aromatic heterocycles. The highest BCUT2D eigenvalue weighted by Crippen LogP contribution is 2.32. The molecule has 6 nitrogen and oxygen atoms in total. The van der Waals surface area contributed by atoms with Crippen molar-refractivity contribution in [3.63, 3.8) is 0 Å². The number of halogens is 3. The molecular formula is C20H20F3N3O3. The number of anilines is 1. The van der Waals surface area contributed by atoms with Crippen molar-refractivity contribution < 1.29 is 27.9 Å². The Labute approximate surface area is 165 Å². The highest BCUT2D eigenvalue weighted by Gasteiger charge is 2.32. The van der Waals surface area contributed by atoms with Crippen LogP contribution in [-0.4, -0.2) is 48.2 Å². The van der Waals surface area contributed by atoms with Crippen LogP contribution in [0.25, 0.3) is 0 Å². The van der Waals surface area contributed by atoms with Crippen LogP contribution in [0.15, 0.2) is 54.6 Å². The van der Waals surface area contributed by atoms with Crippen LogP contribution in [0.4, 0.5) is 23.7 Å². The van der Waals surface area contributed by atoms with Crippen molar-refractivity contribution in [1.82, 2.24) is 10.2 Å². The van der Waals surface area contributed by atoms with Gasteiger partial charge in [0.2, 0.25) is 5.91 Å². The van der Waals surface area contributed by atoms with Crippen molar-refractivity contribution in [2.45, 2.75) is 12.2 Å². The van der Waals surface area contributed by atoms with Crippen molar-refractivity contribution in [2.75, 3.05) is 31.1 Å². The van der Waals surface area contributed by atoms with Crippen molar-refractivity contribution in [3.05, 3.63) is 65.7 Å².